The van der Waals surface area contributed by atoms with Crippen molar-refractivity contribution in [1.82, 2.24) is 10.2 Å². The van der Waals surface area contributed by atoms with Crippen LogP contribution in [0.25, 0.3) is 0 Å². The summed E-state index contributed by atoms with van der Waals surface area (Å²) in [7, 11) is 0. The molecule has 0 radical (unpaired) electrons. The molecule has 1 saturated heterocycles. The summed E-state index contributed by atoms with van der Waals surface area (Å²) in [6, 6.07) is 5.84. The van der Waals surface area contributed by atoms with Crippen LogP contribution in [-0.4, -0.2) is 30.6 Å². The molecule has 1 N–H and O–H groups in total. The van der Waals surface area contributed by atoms with E-state index in [1.165, 1.54) is 38.8 Å². The normalized spacial score (nSPS) is 23.1. The lowest BCUT2D eigenvalue weighted by atomic mass is 10.0. The molecule has 2 unspecified atom stereocenters. The predicted molar refractivity (Wildman–Crippen MR) is 80.2 cm³/mol. The fraction of sp³-hybridized carbons (Fsp3) is 0.733. The van der Waals surface area contributed by atoms with E-state index in [1.807, 2.05) is 11.3 Å². The smallest absolute Gasteiger partial charge is 0.0442 e. The Morgan fingerprint density at radius 3 is 3.06 bits per heavy atom. The highest BCUT2D eigenvalue weighted by atomic mass is 32.1. The average Bonchev–Trinajstić information content (AvgIpc) is 2.90. The molecule has 102 valence electrons. The first kappa shape index (κ1) is 14.0. The van der Waals surface area contributed by atoms with Crippen LogP contribution in [0.2, 0.25) is 0 Å². The highest BCUT2D eigenvalue weighted by molar-refractivity contribution is 7.10. The molecule has 1 aliphatic rings. The lowest BCUT2D eigenvalue weighted by Gasteiger charge is -2.38. The molecule has 2 nitrogen and oxygen atoms in total. The van der Waals surface area contributed by atoms with E-state index in [0.29, 0.717) is 12.1 Å². The van der Waals surface area contributed by atoms with Crippen LogP contribution in [0.5, 0.6) is 0 Å². The van der Waals surface area contributed by atoms with E-state index in [2.05, 4.69) is 41.6 Å². The third-order valence-electron chi connectivity index (χ3n) is 3.82. The van der Waals surface area contributed by atoms with Crippen LogP contribution < -0.4 is 5.32 Å². The average molecular weight is 266 g/mol. The second kappa shape index (κ2) is 7.27. The van der Waals surface area contributed by atoms with E-state index in [1.54, 1.807) is 4.88 Å². The Labute approximate surface area is 115 Å². The summed E-state index contributed by atoms with van der Waals surface area (Å²) in [5, 5.41) is 5.83. The van der Waals surface area contributed by atoms with Crippen molar-refractivity contribution in [2.45, 2.75) is 51.6 Å². The Balaban J connectivity index is 2.01. The van der Waals surface area contributed by atoms with Gasteiger partial charge in [-0.15, -0.1) is 11.3 Å². The number of likely N-dealkylation sites (N-methyl/N-ethyl adjacent to an activating group) is 1. The summed E-state index contributed by atoms with van der Waals surface area (Å²) < 4.78 is 0. The maximum Gasteiger partial charge on any atom is 0.0442 e. The van der Waals surface area contributed by atoms with E-state index in [9.17, 15) is 0 Å². The van der Waals surface area contributed by atoms with E-state index in [4.69, 9.17) is 0 Å². The van der Waals surface area contributed by atoms with Gasteiger partial charge in [-0.25, -0.2) is 0 Å². The van der Waals surface area contributed by atoms with Crippen LogP contribution in [0.4, 0.5) is 0 Å². The molecule has 18 heavy (non-hydrogen) atoms. The summed E-state index contributed by atoms with van der Waals surface area (Å²) >= 11 is 1.92. The molecule has 2 atom stereocenters. The topological polar surface area (TPSA) is 15.3 Å². The number of rotatable bonds is 6. The second-order valence-electron chi connectivity index (χ2n) is 5.21. The van der Waals surface area contributed by atoms with Gasteiger partial charge < -0.3 is 5.32 Å². The van der Waals surface area contributed by atoms with E-state index in [-0.39, 0.29) is 0 Å². The molecule has 1 fully saturated rings. The third-order valence-corrected chi connectivity index (χ3v) is 4.79. The summed E-state index contributed by atoms with van der Waals surface area (Å²) in [5.41, 5.74) is 0. The second-order valence-corrected chi connectivity index (χ2v) is 6.19. The van der Waals surface area contributed by atoms with Gasteiger partial charge in [-0.2, -0.15) is 0 Å². The minimum Gasteiger partial charge on any atom is -0.313 e. The van der Waals surface area contributed by atoms with Gasteiger partial charge in [0, 0.05) is 23.5 Å². The highest BCUT2D eigenvalue weighted by Crippen LogP contribution is 2.31. The van der Waals surface area contributed by atoms with Gasteiger partial charge in [0.2, 0.25) is 0 Å². The number of thiophene rings is 1. The summed E-state index contributed by atoms with van der Waals surface area (Å²) in [6.45, 7) is 8.09. The lowest BCUT2D eigenvalue weighted by Crippen LogP contribution is -2.46. The Hall–Kier alpha value is -0.380. The molecule has 2 rings (SSSR count). The molecule has 2 heterocycles. The highest BCUT2D eigenvalue weighted by Gasteiger charge is 2.26. The maximum atomic E-state index is 3.62. The summed E-state index contributed by atoms with van der Waals surface area (Å²) in [5.74, 6) is 0. The van der Waals surface area contributed by atoms with E-state index >= 15 is 0 Å². The first-order valence-corrected chi connectivity index (χ1v) is 8.24. The van der Waals surface area contributed by atoms with Crippen LogP contribution >= 0.6 is 11.3 Å². The Morgan fingerprint density at radius 2 is 2.39 bits per heavy atom. The van der Waals surface area contributed by atoms with Crippen LogP contribution in [0.1, 0.15) is 50.4 Å². The Bertz CT molecular complexity index is 321. The standard InChI is InChI=1S/C15H26N2S/c1-3-7-14(15-9-6-11-18-15)17-10-5-8-13(12-17)16-4-2/h6,9,11,13-14,16H,3-5,7-8,10,12H2,1-2H3. The van der Waals surface area contributed by atoms with Gasteiger partial charge in [-0.1, -0.05) is 26.3 Å². The zero-order chi connectivity index (χ0) is 12.8. The molecular formula is C15H26N2S. The van der Waals surface area contributed by atoms with Gasteiger partial charge in [0.15, 0.2) is 0 Å². The molecule has 0 aliphatic carbocycles. The van der Waals surface area contributed by atoms with Crippen LogP contribution in [0.3, 0.4) is 0 Å². The molecule has 0 amide bonds. The Kier molecular flexibility index (Phi) is 5.67. The molecule has 3 heteroatoms. The number of likely N-dealkylation sites (tertiary alicyclic amines) is 1. The van der Waals surface area contributed by atoms with Crippen molar-refractivity contribution >= 4 is 11.3 Å². The monoisotopic (exact) mass is 266 g/mol. The fourth-order valence-corrected chi connectivity index (χ4v) is 3.90. The van der Waals surface area contributed by atoms with Crippen molar-refractivity contribution in [1.29, 1.82) is 0 Å². The minimum absolute atomic E-state index is 0.649. The van der Waals surface area contributed by atoms with E-state index < -0.39 is 0 Å². The van der Waals surface area contributed by atoms with Crippen molar-refractivity contribution in [3.05, 3.63) is 22.4 Å². The van der Waals surface area contributed by atoms with Gasteiger partial charge >= 0.3 is 0 Å². The van der Waals surface area contributed by atoms with Crippen molar-refractivity contribution in [3.63, 3.8) is 0 Å². The minimum atomic E-state index is 0.649. The molecule has 1 aliphatic heterocycles. The van der Waals surface area contributed by atoms with Gasteiger partial charge in [-0.05, 0) is 43.8 Å². The lowest BCUT2D eigenvalue weighted by molar-refractivity contribution is 0.132. The molecule has 1 aromatic heterocycles. The molecule has 0 spiro atoms. The largest absolute Gasteiger partial charge is 0.313 e. The third kappa shape index (κ3) is 3.56. The van der Waals surface area contributed by atoms with Crippen LogP contribution in [0.15, 0.2) is 17.5 Å². The van der Waals surface area contributed by atoms with Crippen molar-refractivity contribution in [2.75, 3.05) is 19.6 Å². The van der Waals surface area contributed by atoms with Gasteiger partial charge in [0.05, 0.1) is 0 Å². The predicted octanol–water partition coefficient (Wildman–Crippen LogP) is 3.66. The molecule has 1 aromatic rings. The number of nitrogens with one attached hydrogen (secondary N) is 1. The number of hydrogen-bond donors (Lipinski definition) is 1. The zero-order valence-corrected chi connectivity index (χ0v) is 12.5. The first-order chi connectivity index (χ1) is 8.85. The molecular weight excluding hydrogens is 240 g/mol. The van der Waals surface area contributed by atoms with Gasteiger partial charge in [-0.3, -0.25) is 4.90 Å². The van der Waals surface area contributed by atoms with Crippen LogP contribution in [-0.2, 0) is 0 Å². The van der Waals surface area contributed by atoms with Gasteiger partial charge in [0.1, 0.15) is 0 Å². The van der Waals surface area contributed by atoms with Crippen molar-refractivity contribution < 1.29 is 0 Å². The first-order valence-electron chi connectivity index (χ1n) is 7.36. The fourth-order valence-electron chi connectivity index (χ4n) is 3.00. The number of hydrogen-bond acceptors (Lipinski definition) is 3. The van der Waals surface area contributed by atoms with Gasteiger partial charge in [0.25, 0.3) is 0 Å². The zero-order valence-electron chi connectivity index (χ0n) is 11.7. The maximum absolute atomic E-state index is 3.62. The van der Waals surface area contributed by atoms with Crippen molar-refractivity contribution in [2.24, 2.45) is 0 Å². The summed E-state index contributed by atoms with van der Waals surface area (Å²) in [4.78, 5) is 4.25. The quantitative estimate of drug-likeness (QED) is 0.845. The van der Waals surface area contributed by atoms with E-state index in [0.717, 1.165) is 6.54 Å². The van der Waals surface area contributed by atoms with Crippen LogP contribution in [0, 0.1) is 0 Å². The summed E-state index contributed by atoms with van der Waals surface area (Å²) in [6.07, 6.45) is 5.24. The number of piperidine rings is 1. The van der Waals surface area contributed by atoms with Crippen molar-refractivity contribution in [3.8, 4) is 0 Å². The molecule has 0 bridgehead atoms. The number of nitrogens with zero attached hydrogens (tertiary/aromatic N) is 1. The SMILES string of the molecule is CCCC(c1cccs1)N1CCCC(NCC)C1. The molecule has 0 saturated carbocycles. The Morgan fingerprint density at radius 1 is 1.50 bits per heavy atom. The molecule has 0 aromatic carbocycles.